The van der Waals surface area contributed by atoms with Crippen LogP contribution >= 0.6 is 0 Å². The molecular formula is C12H23N3O2S. The van der Waals surface area contributed by atoms with Crippen molar-refractivity contribution in [3.05, 3.63) is 18.0 Å². The molecule has 18 heavy (non-hydrogen) atoms. The van der Waals surface area contributed by atoms with Crippen molar-refractivity contribution in [2.45, 2.75) is 51.2 Å². The van der Waals surface area contributed by atoms with E-state index in [2.05, 4.69) is 6.92 Å². The van der Waals surface area contributed by atoms with Crippen LogP contribution in [0.15, 0.2) is 17.2 Å². The Morgan fingerprint density at radius 3 is 2.50 bits per heavy atom. The van der Waals surface area contributed by atoms with Gasteiger partial charge in [-0.2, -0.15) is 4.31 Å². The van der Waals surface area contributed by atoms with Crippen LogP contribution in [0.2, 0.25) is 0 Å². The maximum absolute atomic E-state index is 12.3. The molecule has 0 fully saturated rings. The second-order valence-electron chi connectivity index (χ2n) is 4.68. The largest absolute Gasteiger partial charge is 0.349 e. The highest BCUT2D eigenvalue weighted by molar-refractivity contribution is 7.89. The first kappa shape index (κ1) is 15.2. The van der Waals surface area contributed by atoms with Crippen molar-refractivity contribution >= 4 is 10.0 Å². The Morgan fingerprint density at radius 2 is 2.06 bits per heavy atom. The first-order valence-electron chi connectivity index (χ1n) is 6.21. The molecule has 0 aliphatic rings. The third kappa shape index (κ3) is 2.93. The molecule has 0 saturated heterocycles. The number of hydrogen-bond donors (Lipinski definition) is 1. The predicted octanol–water partition coefficient (Wildman–Crippen LogP) is 1.39. The zero-order chi connectivity index (χ0) is 13.9. The molecule has 5 nitrogen and oxygen atoms in total. The van der Waals surface area contributed by atoms with Crippen molar-refractivity contribution in [3.8, 4) is 0 Å². The van der Waals surface area contributed by atoms with E-state index in [1.54, 1.807) is 19.3 Å². The molecular weight excluding hydrogens is 250 g/mol. The molecule has 0 saturated carbocycles. The molecule has 0 amide bonds. The molecule has 2 N–H and O–H groups in total. The van der Waals surface area contributed by atoms with Crippen molar-refractivity contribution < 1.29 is 8.42 Å². The molecule has 104 valence electrons. The van der Waals surface area contributed by atoms with Gasteiger partial charge in [-0.05, 0) is 26.3 Å². The normalized spacial score (nSPS) is 12.6. The Balaban J connectivity index is 3.17. The first-order valence-corrected chi connectivity index (χ1v) is 7.65. The summed E-state index contributed by atoms with van der Waals surface area (Å²) in [6, 6.07) is 1.61. The molecule has 0 spiro atoms. The number of hydrogen-bond acceptors (Lipinski definition) is 3. The minimum atomic E-state index is -3.41. The SMILES string of the molecule is CCCn1cc(S(=O)(=O)N(C)C(C)C)cc1CN. The maximum Gasteiger partial charge on any atom is 0.244 e. The Bertz CT molecular complexity index is 491. The third-order valence-electron chi connectivity index (χ3n) is 3.04. The minimum Gasteiger partial charge on any atom is -0.349 e. The van der Waals surface area contributed by atoms with Gasteiger partial charge in [0.05, 0.1) is 0 Å². The van der Waals surface area contributed by atoms with Gasteiger partial charge in [-0.3, -0.25) is 0 Å². The second-order valence-corrected chi connectivity index (χ2v) is 6.68. The smallest absolute Gasteiger partial charge is 0.244 e. The van der Waals surface area contributed by atoms with Crippen LogP contribution < -0.4 is 5.73 Å². The van der Waals surface area contributed by atoms with Crippen molar-refractivity contribution in [2.75, 3.05) is 7.05 Å². The van der Waals surface area contributed by atoms with E-state index in [1.165, 1.54) is 4.31 Å². The van der Waals surface area contributed by atoms with E-state index in [-0.39, 0.29) is 6.04 Å². The van der Waals surface area contributed by atoms with Gasteiger partial charge in [0.15, 0.2) is 0 Å². The summed E-state index contributed by atoms with van der Waals surface area (Å²) in [5.74, 6) is 0. The van der Waals surface area contributed by atoms with Crippen molar-refractivity contribution in [3.63, 3.8) is 0 Å². The summed E-state index contributed by atoms with van der Waals surface area (Å²) in [6.07, 6.45) is 2.63. The molecule has 1 rings (SSSR count). The Hall–Kier alpha value is -0.850. The number of aromatic nitrogens is 1. The number of aryl methyl sites for hydroxylation is 1. The fourth-order valence-corrected chi connectivity index (χ4v) is 3.16. The van der Waals surface area contributed by atoms with E-state index in [1.807, 2.05) is 18.4 Å². The Labute approximate surface area is 110 Å². The summed E-state index contributed by atoms with van der Waals surface area (Å²) in [5, 5.41) is 0. The lowest BCUT2D eigenvalue weighted by Crippen LogP contribution is -2.32. The summed E-state index contributed by atoms with van der Waals surface area (Å²) < 4.78 is 28.0. The van der Waals surface area contributed by atoms with E-state index >= 15 is 0 Å². The first-order chi connectivity index (χ1) is 8.34. The van der Waals surface area contributed by atoms with Gasteiger partial charge >= 0.3 is 0 Å². The molecule has 0 atom stereocenters. The van der Waals surface area contributed by atoms with Crippen LogP contribution in [0.4, 0.5) is 0 Å². The highest BCUT2D eigenvalue weighted by atomic mass is 32.2. The van der Waals surface area contributed by atoms with Crippen LogP contribution in [-0.2, 0) is 23.1 Å². The fraction of sp³-hybridized carbons (Fsp3) is 0.667. The summed E-state index contributed by atoms with van der Waals surface area (Å²) in [7, 11) is -1.81. The van der Waals surface area contributed by atoms with Gasteiger partial charge in [-0.15, -0.1) is 0 Å². The molecule has 0 aliphatic heterocycles. The summed E-state index contributed by atoms with van der Waals surface area (Å²) in [6.45, 7) is 6.89. The number of rotatable bonds is 6. The maximum atomic E-state index is 12.3. The van der Waals surface area contributed by atoms with E-state index in [0.717, 1.165) is 18.7 Å². The van der Waals surface area contributed by atoms with Crippen LogP contribution in [0.3, 0.4) is 0 Å². The highest BCUT2D eigenvalue weighted by Crippen LogP contribution is 2.19. The molecule has 1 heterocycles. The van der Waals surface area contributed by atoms with Gasteiger partial charge in [0.2, 0.25) is 10.0 Å². The Morgan fingerprint density at radius 1 is 1.44 bits per heavy atom. The summed E-state index contributed by atoms with van der Waals surface area (Å²) in [5.41, 5.74) is 6.50. The Kier molecular flexibility index (Phi) is 4.95. The quantitative estimate of drug-likeness (QED) is 0.851. The van der Waals surface area contributed by atoms with Crippen LogP contribution in [0.5, 0.6) is 0 Å². The molecule has 0 unspecified atom stereocenters. The van der Waals surface area contributed by atoms with E-state index < -0.39 is 10.0 Å². The monoisotopic (exact) mass is 273 g/mol. The van der Waals surface area contributed by atoms with Gasteiger partial charge in [-0.1, -0.05) is 6.92 Å². The molecule has 0 aliphatic carbocycles. The van der Waals surface area contributed by atoms with Gasteiger partial charge < -0.3 is 10.3 Å². The third-order valence-corrected chi connectivity index (χ3v) is 5.04. The summed E-state index contributed by atoms with van der Waals surface area (Å²) >= 11 is 0. The van der Waals surface area contributed by atoms with E-state index in [9.17, 15) is 8.42 Å². The van der Waals surface area contributed by atoms with Crippen molar-refractivity contribution in [1.82, 2.24) is 8.87 Å². The van der Waals surface area contributed by atoms with E-state index in [4.69, 9.17) is 5.73 Å². The summed E-state index contributed by atoms with van der Waals surface area (Å²) in [4.78, 5) is 0.326. The van der Waals surface area contributed by atoms with E-state index in [0.29, 0.717) is 11.4 Å². The van der Waals surface area contributed by atoms with Crippen LogP contribution in [-0.4, -0.2) is 30.4 Å². The lowest BCUT2D eigenvalue weighted by atomic mass is 10.4. The minimum absolute atomic E-state index is 0.0640. The predicted molar refractivity (Wildman–Crippen MR) is 72.7 cm³/mol. The van der Waals surface area contributed by atoms with Crippen LogP contribution in [0.25, 0.3) is 0 Å². The number of nitrogens with two attached hydrogens (primary N) is 1. The fourth-order valence-electron chi connectivity index (χ4n) is 1.73. The lowest BCUT2D eigenvalue weighted by Gasteiger charge is -2.19. The second kappa shape index (κ2) is 5.86. The highest BCUT2D eigenvalue weighted by Gasteiger charge is 2.25. The van der Waals surface area contributed by atoms with Gasteiger partial charge in [0.25, 0.3) is 0 Å². The molecule has 0 aromatic carbocycles. The van der Waals surface area contributed by atoms with Gasteiger partial charge in [-0.25, -0.2) is 8.42 Å². The number of sulfonamides is 1. The lowest BCUT2D eigenvalue weighted by molar-refractivity contribution is 0.410. The molecule has 1 aromatic heterocycles. The molecule has 0 radical (unpaired) electrons. The average Bonchev–Trinajstić information content (AvgIpc) is 2.72. The van der Waals surface area contributed by atoms with Crippen LogP contribution in [0, 0.1) is 0 Å². The van der Waals surface area contributed by atoms with Gasteiger partial charge in [0, 0.05) is 38.1 Å². The van der Waals surface area contributed by atoms with Crippen LogP contribution in [0.1, 0.15) is 32.9 Å². The molecule has 6 heteroatoms. The zero-order valence-corrected chi connectivity index (χ0v) is 12.4. The topological polar surface area (TPSA) is 68.3 Å². The molecule has 0 bridgehead atoms. The van der Waals surface area contributed by atoms with Crippen molar-refractivity contribution in [2.24, 2.45) is 5.73 Å². The standard InChI is InChI=1S/C12H23N3O2S/c1-5-6-15-9-12(7-11(15)8-13)18(16,17)14(4)10(2)3/h7,9-10H,5-6,8,13H2,1-4H3. The van der Waals surface area contributed by atoms with Gasteiger partial charge in [0.1, 0.15) is 4.90 Å². The zero-order valence-electron chi connectivity index (χ0n) is 11.5. The number of nitrogens with zero attached hydrogens (tertiary/aromatic N) is 2. The van der Waals surface area contributed by atoms with Crippen molar-refractivity contribution in [1.29, 1.82) is 0 Å². The molecule has 1 aromatic rings. The average molecular weight is 273 g/mol.